The van der Waals surface area contributed by atoms with Crippen LogP contribution in [0.2, 0.25) is 0 Å². The highest BCUT2D eigenvalue weighted by Crippen LogP contribution is 2.11. The van der Waals surface area contributed by atoms with E-state index in [4.69, 9.17) is 5.73 Å². The zero-order valence-corrected chi connectivity index (χ0v) is 9.63. The lowest BCUT2D eigenvalue weighted by Crippen LogP contribution is -2.52. The van der Waals surface area contributed by atoms with Gasteiger partial charge in [-0.3, -0.25) is 4.90 Å². The standard InChI is InChI=1S/C12H17N3O2/c13-11-3-1-2-10(8-11)9-14-4-6-15(7-5-14)12(16)17/h1-3,8H,4-7,9,13H2,(H,16,17)/p-1. The predicted molar refractivity (Wildman–Crippen MR) is 63.1 cm³/mol. The second kappa shape index (κ2) is 5.05. The molecule has 0 aromatic heterocycles. The summed E-state index contributed by atoms with van der Waals surface area (Å²) in [4.78, 5) is 14.2. The van der Waals surface area contributed by atoms with Crippen molar-refractivity contribution < 1.29 is 9.90 Å². The van der Waals surface area contributed by atoms with E-state index >= 15 is 0 Å². The molecule has 1 fully saturated rings. The number of anilines is 1. The third-order valence-electron chi connectivity index (χ3n) is 2.99. The molecule has 0 radical (unpaired) electrons. The van der Waals surface area contributed by atoms with E-state index in [1.165, 1.54) is 4.90 Å². The Kier molecular flexibility index (Phi) is 3.49. The topological polar surface area (TPSA) is 72.6 Å². The molecule has 17 heavy (non-hydrogen) atoms. The fraction of sp³-hybridized carbons (Fsp3) is 0.417. The molecular weight excluding hydrogens is 218 g/mol. The minimum absolute atomic E-state index is 0.519. The highest BCUT2D eigenvalue weighted by molar-refractivity contribution is 5.62. The van der Waals surface area contributed by atoms with Crippen molar-refractivity contribution in [3.8, 4) is 0 Å². The molecule has 92 valence electrons. The summed E-state index contributed by atoms with van der Waals surface area (Å²) in [5.41, 5.74) is 7.63. The molecule has 1 aliphatic rings. The largest absolute Gasteiger partial charge is 0.530 e. The van der Waals surface area contributed by atoms with E-state index in [2.05, 4.69) is 4.90 Å². The van der Waals surface area contributed by atoms with Crippen molar-refractivity contribution in [2.75, 3.05) is 31.9 Å². The summed E-state index contributed by atoms with van der Waals surface area (Å²) < 4.78 is 0. The molecule has 0 unspecified atom stereocenters. The SMILES string of the molecule is Nc1cccc(CN2CCN(C(=O)[O-])CC2)c1. The number of nitrogens with two attached hydrogens (primary N) is 1. The fourth-order valence-corrected chi connectivity index (χ4v) is 2.04. The minimum Gasteiger partial charge on any atom is -0.530 e. The van der Waals surface area contributed by atoms with Gasteiger partial charge in [0.2, 0.25) is 0 Å². The first kappa shape index (κ1) is 11.7. The van der Waals surface area contributed by atoms with Crippen molar-refractivity contribution in [1.82, 2.24) is 9.80 Å². The van der Waals surface area contributed by atoms with Gasteiger partial charge in [-0.2, -0.15) is 0 Å². The van der Waals surface area contributed by atoms with E-state index in [1.54, 1.807) is 0 Å². The molecule has 2 rings (SSSR count). The minimum atomic E-state index is -1.08. The van der Waals surface area contributed by atoms with Gasteiger partial charge in [-0.25, -0.2) is 0 Å². The van der Waals surface area contributed by atoms with Gasteiger partial charge in [0, 0.05) is 38.4 Å². The number of hydrogen-bond donors (Lipinski definition) is 1. The Morgan fingerprint density at radius 1 is 1.29 bits per heavy atom. The highest BCUT2D eigenvalue weighted by Gasteiger charge is 2.16. The first-order chi connectivity index (χ1) is 8.15. The van der Waals surface area contributed by atoms with Crippen LogP contribution in [0.15, 0.2) is 24.3 Å². The van der Waals surface area contributed by atoms with Gasteiger partial charge in [-0.1, -0.05) is 12.1 Å². The molecule has 0 saturated carbocycles. The van der Waals surface area contributed by atoms with Gasteiger partial charge in [0.15, 0.2) is 0 Å². The smallest absolute Gasteiger partial charge is 0.137 e. The summed E-state index contributed by atoms with van der Waals surface area (Å²) in [5.74, 6) is 0. The summed E-state index contributed by atoms with van der Waals surface area (Å²) in [5, 5.41) is 10.6. The lowest BCUT2D eigenvalue weighted by Gasteiger charge is -2.36. The fourth-order valence-electron chi connectivity index (χ4n) is 2.04. The molecule has 5 nitrogen and oxygen atoms in total. The molecule has 0 bridgehead atoms. The van der Waals surface area contributed by atoms with E-state index in [-0.39, 0.29) is 0 Å². The Balaban J connectivity index is 1.88. The summed E-state index contributed by atoms with van der Waals surface area (Å²) in [7, 11) is 0. The van der Waals surface area contributed by atoms with Gasteiger partial charge >= 0.3 is 0 Å². The predicted octanol–water partition coefficient (Wildman–Crippen LogP) is -0.270. The third-order valence-corrected chi connectivity index (χ3v) is 2.99. The maximum Gasteiger partial charge on any atom is 0.137 e. The monoisotopic (exact) mass is 234 g/mol. The Morgan fingerprint density at radius 2 is 2.00 bits per heavy atom. The van der Waals surface area contributed by atoms with Gasteiger partial charge in [-0.15, -0.1) is 0 Å². The van der Waals surface area contributed by atoms with E-state index in [9.17, 15) is 9.90 Å². The molecule has 1 heterocycles. The van der Waals surface area contributed by atoms with Crippen LogP contribution in [0.1, 0.15) is 5.56 Å². The molecule has 1 aromatic rings. The maximum atomic E-state index is 10.6. The average molecular weight is 234 g/mol. The molecule has 0 spiro atoms. The number of hydrogen-bond acceptors (Lipinski definition) is 4. The Hall–Kier alpha value is -1.75. The normalized spacial score (nSPS) is 17.1. The van der Waals surface area contributed by atoms with Crippen LogP contribution in [-0.2, 0) is 6.54 Å². The van der Waals surface area contributed by atoms with Crippen LogP contribution in [0.25, 0.3) is 0 Å². The van der Waals surface area contributed by atoms with Crippen molar-refractivity contribution in [1.29, 1.82) is 0 Å². The van der Waals surface area contributed by atoms with Crippen molar-refractivity contribution >= 4 is 11.8 Å². The number of nitrogen functional groups attached to an aromatic ring is 1. The van der Waals surface area contributed by atoms with Crippen LogP contribution in [0, 0.1) is 0 Å². The second-order valence-electron chi connectivity index (χ2n) is 4.27. The lowest BCUT2D eigenvalue weighted by molar-refractivity contribution is -0.266. The molecule has 2 N–H and O–H groups in total. The van der Waals surface area contributed by atoms with Crippen molar-refractivity contribution in [2.24, 2.45) is 0 Å². The molecule has 1 aliphatic heterocycles. The van der Waals surface area contributed by atoms with Crippen LogP contribution in [0.3, 0.4) is 0 Å². The summed E-state index contributed by atoms with van der Waals surface area (Å²) in [6.45, 7) is 3.33. The zero-order valence-electron chi connectivity index (χ0n) is 9.63. The number of piperazine rings is 1. The van der Waals surface area contributed by atoms with E-state index in [0.717, 1.165) is 30.9 Å². The number of carbonyl (C=O) groups is 1. The second-order valence-corrected chi connectivity index (χ2v) is 4.27. The summed E-state index contributed by atoms with van der Waals surface area (Å²) in [6.07, 6.45) is -1.08. The number of benzene rings is 1. The number of rotatable bonds is 2. The lowest BCUT2D eigenvalue weighted by atomic mass is 10.2. The Morgan fingerprint density at radius 3 is 2.59 bits per heavy atom. The number of amides is 1. The molecule has 1 amide bonds. The first-order valence-electron chi connectivity index (χ1n) is 5.68. The van der Waals surface area contributed by atoms with E-state index in [0.29, 0.717) is 13.1 Å². The average Bonchev–Trinajstić information content (AvgIpc) is 2.29. The molecule has 0 atom stereocenters. The van der Waals surface area contributed by atoms with Gasteiger partial charge < -0.3 is 20.5 Å². The molecule has 1 saturated heterocycles. The van der Waals surface area contributed by atoms with Crippen LogP contribution < -0.4 is 10.8 Å². The van der Waals surface area contributed by atoms with Crippen LogP contribution in [0.5, 0.6) is 0 Å². The molecule has 0 aliphatic carbocycles. The molecule has 1 aromatic carbocycles. The van der Waals surface area contributed by atoms with Gasteiger partial charge in [-0.05, 0) is 17.7 Å². The van der Waals surface area contributed by atoms with E-state index < -0.39 is 6.09 Å². The van der Waals surface area contributed by atoms with Gasteiger partial charge in [0.25, 0.3) is 0 Å². The van der Waals surface area contributed by atoms with Crippen molar-refractivity contribution in [2.45, 2.75) is 6.54 Å². The van der Waals surface area contributed by atoms with Crippen LogP contribution in [0.4, 0.5) is 10.5 Å². The highest BCUT2D eigenvalue weighted by atomic mass is 16.4. The number of carboxylic acid groups (broad SMARTS) is 1. The summed E-state index contributed by atoms with van der Waals surface area (Å²) in [6, 6.07) is 7.77. The van der Waals surface area contributed by atoms with Crippen molar-refractivity contribution in [3.05, 3.63) is 29.8 Å². The van der Waals surface area contributed by atoms with Crippen LogP contribution in [-0.4, -0.2) is 42.1 Å². The maximum absolute atomic E-state index is 10.6. The zero-order chi connectivity index (χ0) is 12.3. The van der Waals surface area contributed by atoms with Gasteiger partial charge in [0.05, 0.1) is 0 Å². The number of nitrogens with zero attached hydrogens (tertiary/aromatic N) is 2. The Bertz CT molecular complexity index is 400. The summed E-state index contributed by atoms with van der Waals surface area (Å²) >= 11 is 0. The number of carbonyl (C=O) groups excluding carboxylic acids is 1. The molecular formula is C12H16N3O2-. The first-order valence-corrected chi connectivity index (χ1v) is 5.68. The third kappa shape index (κ3) is 3.10. The molecule has 5 heteroatoms. The van der Waals surface area contributed by atoms with Crippen LogP contribution >= 0.6 is 0 Å². The van der Waals surface area contributed by atoms with Gasteiger partial charge in [0.1, 0.15) is 6.09 Å². The van der Waals surface area contributed by atoms with Crippen molar-refractivity contribution in [3.63, 3.8) is 0 Å². The quantitative estimate of drug-likeness (QED) is 0.715. The van der Waals surface area contributed by atoms with E-state index in [1.807, 2.05) is 24.3 Å². The Labute approximate surface area is 100 Å².